The molecule has 2 heterocycles. The number of Topliss-reactive ketones (excluding diaryl/α,β-unsaturated/α-hetero) is 1. The maximum atomic E-state index is 13.8. The van der Waals surface area contributed by atoms with Crippen LogP contribution in [0.1, 0.15) is 43.7 Å². The van der Waals surface area contributed by atoms with Gasteiger partial charge in [-0.15, -0.1) is 0 Å². The van der Waals surface area contributed by atoms with Crippen LogP contribution in [-0.2, 0) is 20.9 Å². The number of halogens is 1. The first-order valence-electron chi connectivity index (χ1n) is 12.6. The molecular weight excluding hydrogens is 547 g/mol. The average molecular weight is 573 g/mol. The smallest absolute Gasteiger partial charge is 0.350 e. The molecular formula is C31H25FN2O6S. The number of aryl methyl sites for hydroxylation is 2. The number of carbonyl (C=O) groups is 3. The molecule has 8 nitrogen and oxygen atoms in total. The highest BCUT2D eigenvalue weighted by atomic mass is 32.1. The fraction of sp³-hybridized carbons (Fsp3) is 0.161. The normalized spacial score (nSPS) is 16.2. The zero-order valence-corrected chi connectivity index (χ0v) is 23.2. The summed E-state index contributed by atoms with van der Waals surface area (Å²) in [6, 6.07) is 18.8. The van der Waals surface area contributed by atoms with Gasteiger partial charge in [-0.05, 0) is 60.9 Å². The summed E-state index contributed by atoms with van der Waals surface area (Å²) in [4.78, 5) is 44.7. The van der Waals surface area contributed by atoms with E-state index < -0.39 is 35.3 Å². The molecule has 1 atom stereocenters. The fourth-order valence-electron chi connectivity index (χ4n) is 4.64. The van der Waals surface area contributed by atoms with Gasteiger partial charge in [0.1, 0.15) is 28.8 Å². The number of anilines is 1. The van der Waals surface area contributed by atoms with Crippen molar-refractivity contribution in [2.45, 2.75) is 26.5 Å². The number of hydrogen-bond acceptors (Lipinski definition) is 8. The Morgan fingerprint density at radius 3 is 2.41 bits per heavy atom. The molecule has 4 aromatic rings. The predicted molar refractivity (Wildman–Crippen MR) is 151 cm³/mol. The molecule has 1 N–H and O–H groups in total. The highest BCUT2D eigenvalue weighted by molar-refractivity contribution is 7.17. The molecule has 1 amide bonds. The molecule has 1 aliphatic heterocycles. The van der Waals surface area contributed by atoms with Crippen LogP contribution in [0.25, 0.3) is 5.76 Å². The fourth-order valence-corrected chi connectivity index (χ4v) is 5.65. The SMILES string of the molecule is COC(=O)c1sc(N2C(=O)C(=O)C(=C(O)c3ccc(OCc4ccccc4)cc3C)[C@@H]2c2ccc(F)cc2)nc1C. The van der Waals surface area contributed by atoms with Crippen LogP contribution in [0, 0.1) is 19.7 Å². The average Bonchev–Trinajstić information content (AvgIpc) is 3.48. The number of aromatic nitrogens is 1. The highest BCUT2D eigenvalue weighted by Gasteiger charge is 2.48. The zero-order chi connectivity index (χ0) is 29.3. The Morgan fingerprint density at radius 2 is 1.76 bits per heavy atom. The Bertz CT molecular complexity index is 1680. The summed E-state index contributed by atoms with van der Waals surface area (Å²) < 4.78 is 24.5. The number of ketones is 1. The van der Waals surface area contributed by atoms with Gasteiger partial charge < -0.3 is 14.6 Å². The van der Waals surface area contributed by atoms with E-state index in [1.807, 2.05) is 30.3 Å². The number of methoxy groups -OCH3 is 1. The lowest BCUT2D eigenvalue weighted by Gasteiger charge is -2.23. The summed E-state index contributed by atoms with van der Waals surface area (Å²) in [6.45, 7) is 3.68. The molecule has 1 fully saturated rings. The quantitative estimate of drug-likeness (QED) is 0.127. The summed E-state index contributed by atoms with van der Waals surface area (Å²) in [5.74, 6) is -2.85. The van der Waals surface area contributed by atoms with Gasteiger partial charge in [0, 0.05) is 5.56 Å². The van der Waals surface area contributed by atoms with Crippen molar-refractivity contribution in [3.8, 4) is 5.75 Å². The van der Waals surface area contributed by atoms with Crippen molar-refractivity contribution in [1.82, 2.24) is 4.98 Å². The minimum Gasteiger partial charge on any atom is -0.507 e. The Kier molecular flexibility index (Phi) is 7.67. The van der Waals surface area contributed by atoms with Gasteiger partial charge in [0.25, 0.3) is 5.78 Å². The van der Waals surface area contributed by atoms with Crippen LogP contribution < -0.4 is 9.64 Å². The van der Waals surface area contributed by atoms with E-state index in [1.165, 1.54) is 31.4 Å². The summed E-state index contributed by atoms with van der Waals surface area (Å²) >= 11 is 0.887. The van der Waals surface area contributed by atoms with Crippen LogP contribution in [0.5, 0.6) is 5.75 Å². The molecule has 0 aliphatic carbocycles. The maximum absolute atomic E-state index is 13.8. The van der Waals surface area contributed by atoms with Gasteiger partial charge in [-0.2, -0.15) is 0 Å². The number of amides is 1. The van der Waals surface area contributed by atoms with E-state index in [-0.39, 0.29) is 15.6 Å². The zero-order valence-electron chi connectivity index (χ0n) is 22.4. The van der Waals surface area contributed by atoms with E-state index in [9.17, 15) is 23.9 Å². The van der Waals surface area contributed by atoms with Crippen molar-refractivity contribution in [2.24, 2.45) is 0 Å². The Labute approximate surface area is 239 Å². The molecule has 41 heavy (non-hydrogen) atoms. The van der Waals surface area contributed by atoms with Crippen LogP contribution in [0.15, 0.2) is 78.4 Å². The van der Waals surface area contributed by atoms with Crippen LogP contribution in [0.2, 0.25) is 0 Å². The summed E-state index contributed by atoms with van der Waals surface area (Å²) in [6.07, 6.45) is 0. The number of hydrogen-bond donors (Lipinski definition) is 1. The van der Waals surface area contributed by atoms with Crippen LogP contribution in [0.4, 0.5) is 9.52 Å². The lowest BCUT2D eigenvalue weighted by molar-refractivity contribution is -0.132. The number of benzene rings is 3. The van der Waals surface area contributed by atoms with Gasteiger partial charge in [0.2, 0.25) is 0 Å². The molecule has 10 heteroatoms. The summed E-state index contributed by atoms with van der Waals surface area (Å²) in [7, 11) is 1.23. The van der Waals surface area contributed by atoms with Crippen molar-refractivity contribution < 1.29 is 33.4 Å². The Morgan fingerprint density at radius 1 is 1.05 bits per heavy atom. The van der Waals surface area contributed by atoms with E-state index >= 15 is 0 Å². The maximum Gasteiger partial charge on any atom is 0.350 e. The van der Waals surface area contributed by atoms with E-state index in [1.54, 1.807) is 32.0 Å². The number of ether oxygens (including phenoxy) is 2. The Hall–Kier alpha value is -4.83. The second kappa shape index (κ2) is 11.3. The van der Waals surface area contributed by atoms with Crippen molar-refractivity contribution in [3.05, 3.63) is 117 Å². The number of nitrogens with zero attached hydrogens (tertiary/aromatic N) is 2. The monoisotopic (exact) mass is 572 g/mol. The van der Waals surface area contributed by atoms with Gasteiger partial charge in [-0.3, -0.25) is 14.5 Å². The molecule has 1 saturated heterocycles. The largest absolute Gasteiger partial charge is 0.507 e. The van der Waals surface area contributed by atoms with Crippen molar-refractivity contribution in [3.63, 3.8) is 0 Å². The number of aliphatic hydroxyl groups excluding tert-OH is 1. The first-order valence-corrected chi connectivity index (χ1v) is 13.4. The highest BCUT2D eigenvalue weighted by Crippen LogP contribution is 2.44. The lowest BCUT2D eigenvalue weighted by atomic mass is 9.94. The van der Waals surface area contributed by atoms with Gasteiger partial charge in [-0.25, -0.2) is 14.2 Å². The molecule has 0 bridgehead atoms. The first-order chi connectivity index (χ1) is 19.7. The Balaban J connectivity index is 1.57. The molecule has 208 valence electrons. The number of carbonyl (C=O) groups excluding carboxylic acids is 3. The van der Waals surface area contributed by atoms with Crippen molar-refractivity contribution in [2.75, 3.05) is 12.0 Å². The summed E-state index contributed by atoms with van der Waals surface area (Å²) in [5, 5.41) is 11.6. The molecule has 1 aromatic heterocycles. The van der Waals surface area contributed by atoms with Crippen molar-refractivity contribution in [1.29, 1.82) is 0 Å². The van der Waals surface area contributed by atoms with Gasteiger partial charge in [-0.1, -0.05) is 53.8 Å². The second-order valence-electron chi connectivity index (χ2n) is 9.37. The third kappa shape index (κ3) is 5.33. The number of rotatable bonds is 7. The van der Waals surface area contributed by atoms with E-state index in [4.69, 9.17) is 9.47 Å². The summed E-state index contributed by atoms with van der Waals surface area (Å²) in [5.41, 5.74) is 2.43. The third-order valence-electron chi connectivity index (χ3n) is 6.69. The molecule has 0 radical (unpaired) electrons. The van der Waals surface area contributed by atoms with Crippen LogP contribution >= 0.6 is 11.3 Å². The van der Waals surface area contributed by atoms with Gasteiger partial charge >= 0.3 is 11.9 Å². The minimum atomic E-state index is -1.12. The third-order valence-corrected chi connectivity index (χ3v) is 7.83. The number of esters is 1. The molecule has 1 aliphatic rings. The topological polar surface area (TPSA) is 106 Å². The van der Waals surface area contributed by atoms with E-state index in [0.29, 0.717) is 34.7 Å². The lowest BCUT2D eigenvalue weighted by Crippen LogP contribution is -2.29. The molecule has 0 saturated carbocycles. The van der Waals surface area contributed by atoms with E-state index in [0.717, 1.165) is 21.8 Å². The van der Waals surface area contributed by atoms with E-state index in [2.05, 4.69) is 4.98 Å². The van der Waals surface area contributed by atoms with Crippen LogP contribution in [0.3, 0.4) is 0 Å². The van der Waals surface area contributed by atoms with Crippen molar-refractivity contribution >= 4 is 39.9 Å². The minimum absolute atomic E-state index is 0.0692. The second-order valence-corrected chi connectivity index (χ2v) is 10.4. The molecule has 5 rings (SSSR count). The van der Waals surface area contributed by atoms with Gasteiger partial charge in [0.15, 0.2) is 5.13 Å². The standard InChI is InChI=1S/C31H25FN2O6S/c1-17-15-22(40-16-19-7-5-4-6-8-19)13-14-23(17)26(35)24-25(20-9-11-21(32)12-10-20)34(29(37)27(24)36)31-33-18(2)28(41-31)30(38)39-3/h4-15,25,35H,16H2,1-3H3/t25-/m0/s1. The molecule has 3 aromatic carbocycles. The van der Waals surface area contributed by atoms with Gasteiger partial charge in [0.05, 0.1) is 24.4 Å². The molecule has 0 spiro atoms. The number of aliphatic hydroxyl groups is 1. The van der Waals surface area contributed by atoms with Crippen LogP contribution in [-0.4, -0.2) is 34.9 Å². The first kappa shape index (κ1) is 27.7. The number of thiazole rings is 1. The molecule has 0 unspecified atom stereocenters. The predicted octanol–water partition coefficient (Wildman–Crippen LogP) is 5.89.